The Morgan fingerprint density at radius 3 is 2.33 bits per heavy atom. The van der Waals surface area contributed by atoms with Crippen molar-refractivity contribution in [3.63, 3.8) is 0 Å². The van der Waals surface area contributed by atoms with Crippen LogP contribution in [0.25, 0.3) is 0 Å². The molecule has 0 aromatic carbocycles. The number of carbonyl (C=O) groups excluding carboxylic acids is 1. The number of hydrogen-bond donors (Lipinski definition) is 1. The molecule has 3 heteroatoms. The quantitative estimate of drug-likeness (QED) is 0.771. The molecule has 1 aliphatic carbocycles. The van der Waals surface area contributed by atoms with Crippen molar-refractivity contribution in [3.8, 4) is 0 Å². The maximum Gasteiger partial charge on any atom is 0.241 e. The van der Waals surface area contributed by atoms with Gasteiger partial charge in [0.1, 0.15) is 0 Å². The lowest BCUT2D eigenvalue weighted by Crippen LogP contribution is -2.56. The molecule has 2 unspecified atom stereocenters. The third kappa shape index (κ3) is 2.94. The molecular weight excluding hydrogens is 188 g/mol. The van der Waals surface area contributed by atoms with Gasteiger partial charge in [-0.05, 0) is 32.6 Å². The molecule has 0 radical (unpaired) electrons. The molecule has 0 aliphatic heterocycles. The summed E-state index contributed by atoms with van der Waals surface area (Å²) in [6.45, 7) is 6.21. The lowest BCUT2D eigenvalue weighted by Gasteiger charge is -2.33. The largest absolute Gasteiger partial charge is 0.347 e. The third-order valence-electron chi connectivity index (χ3n) is 3.35. The minimum atomic E-state index is -0.438. The van der Waals surface area contributed by atoms with Gasteiger partial charge in [0.15, 0.2) is 0 Å². The number of amides is 1. The van der Waals surface area contributed by atoms with Crippen LogP contribution in [0.1, 0.15) is 40.0 Å². The Labute approximate surface area is 93.2 Å². The molecule has 0 bridgehead atoms. The Morgan fingerprint density at radius 2 is 1.93 bits per heavy atom. The van der Waals surface area contributed by atoms with E-state index < -0.39 is 5.54 Å². The third-order valence-corrected chi connectivity index (χ3v) is 3.35. The van der Waals surface area contributed by atoms with E-state index in [1.54, 1.807) is 4.90 Å². The Hall–Kier alpha value is -0.570. The van der Waals surface area contributed by atoms with Crippen molar-refractivity contribution in [1.29, 1.82) is 0 Å². The lowest BCUT2D eigenvalue weighted by molar-refractivity contribution is -0.134. The Bertz CT molecular complexity index is 236. The summed E-state index contributed by atoms with van der Waals surface area (Å²) in [5, 5.41) is 3.49. The molecule has 2 atom stereocenters. The fraction of sp³-hybridized carbons (Fsp3) is 0.917. The van der Waals surface area contributed by atoms with Crippen LogP contribution < -0.4 is 5.32 Å². The van der Waals surface area contributed by atoms with Crippen LogP contribution in [0.5, 0.6) is 0 Å². The topological polar surface area (TPSA) is 32.3 Å². The van der Waals surface area contributed by atoms with Crippen molar-refractivity contribution < 1.29 is 4.79 Å². The molecule has 1 N–H and O–H groups in total. The maximum absolute atomic E-state index is 11.9. The Kier molecular flexibility index (Phi) is 3.77. The normalized spacial score (nSPS) is 26.7. The van der Waals surface area contributed by atoms with Crippen LogP contribution in [-0.4, -0.2) is 36.5 Å². The average molecular weight is 212 g/mol. The molecule has 88 valence electrons. The van der Waals surface area contributed by atoms with Crippen LogP contribution in [0.2, 0.25) is 0 Å². The number of nitrogens with zero attached hydrogens (tertiary/aromatic N) is 1. The first-order valence-corrected chi connectivity index (χ1v) is 5.84. The van der Waals surface area contributed by atoms with Gasteiger partial charge < -0.3 is 10.2 Å². The minimum absolute atomic E-state index is 0.154. The first-order chi connectivity index (χ1) is 6.84. The number of hydrogen-bond acceptors (Lipinski definition) is 2. The number of nitrogens with one attached hydrogen (secondary N) is 1. The zero-order valence-corrected chi connectivity index (χ0v) is 10.6. The van der Waals surface area contributed by atoms with E-state index in [0.29, 0.717) is 12.0 Å². The van der Waals surface area contributed by atoms with E-state index in [1.807, 2.05) is 27.9 Å². The predicted octanol–water partition coefficient (Wildman–Crippen LogP) is 1.63. The zero-order chi connectivity index (χ0) is 11.6. The monoisotopic (exact) mass is 212 g/mol. The van der Waals surface area contributed by atoms with Crippen LogP contribution in [0, 0.1) is 5.92 Å². The SMILES string of the molecule is CC1CCCC1NC(C)(C)C(=O)N(C)C. The maximum atomic E-state index is 11.9. The smallest absolute Gasteiger partial charge is 0.241 e. The van der Waals surface area contributed by atoms with Crippen molar-refractivity contribution in [2.45, 2.75) is 51.6 Å². The second kappa shape index (κ2) is 4.52. The highest BCUT2D eigenvalue weighted by molar-refractivity contribution is 5.85. The molecule has 0 heterocycles. The summed E-state index contributed by atoms with van der Waals surface area (Å²) in [4.78, 5) is 13.6. The molecular formula is C12H24N2O. The molecule has 1 rings (SSSR count). The highest BCUT2D eigenvalue weighted by Gasteiger charge is 2.34. The van der Waals surface area contributed by atoms with Gasteiger partial charge in [0.2, 0.25) is 5.91 Å². The van der Waals surface area contributed by atoms with Gasteiger partial charge in [0, 0.05) is 20.1 Å². The van der Waals surface area contributed by atoms with Crippen LogP contribution in [0.15, 0.2) is 0 Å². The van der Waals surface area contributed by atoms with Crippen molar-refractivity contribution >= 4 is 5.91 Å². The van der Waals surface area contributed by atoms with Crippen LogP contribution >= 0.6 is 0 Å². The van der Waals surface area contributed by atoms with Gasteiger partial charge in [-0.25, -0.2) is 0 Å². The van der Waals surface area contributed by atoms with E-state index in [0.717, 1.165) is 0 Å². The molecule has 1 amide bonds. The summed E-state index contributed by atoms with van der Waals surface area (Å²) in [7, 11) is 3.62. The molecule has 0 saturated heterocycles. The fourth-order valence-corrected chi connectivity index (χ4v) is 2.44. The summed E-state index contributed by atoms with van der Waals surface area (Å²) in [5.41, 5.74) is -0.438. The van der Waals surface area contributed by atoms with Crippen LogP contribution in [0.4, 0.5) is 0 Å². The first-order valence-electron chi connectivity index (χ1n) is 5.84. The Balaban J connectivity index is 2.59. The minimum Gasteiger partial charge on any atom is -0.347 e. The number of likely N-dealkylation sites (N-methyl/N-ethyl adjacent to an activating group) is 1. The number of carbonyl (C=O) groups is 1. The molecule has 3 nitrogen and oxygen atoms in total. The van der Waals surface area contributed by atoms with Gasteiger partial charge in [-0.1, -0.05) is 13.3 Å². The zero-order valence-electron chi connectivity index (χ0n) is 10.6. The average Bonchev–Trinajstić information content (AvgIpc) is 2.50. The standard InChI is InChI=1S/C12H24N2O/c1-9-7-6-8-10(9)13-12(2,3)11(15)14(4)5/h9-10,13H,6-8H2,1-5H3. The van der Waals surface area contributed by atoms with Crippen LogP contribution in [-0.2, 0) is 4.79 Å². The van der Waals surface area contributed by atoms with Crippen molar-refractivity contribution in [2.75, 3.05) is 14.1 Å². The first kappa shape index (κ1) is 12.5. The van der Waals surface area contributed by atoms with Crippen molar-refractivity contribution in [2.24, 2.45) is 5.92 Å². The summed E-state index contributed by atoms with van der Waals surface area (Å²) >= 11 is 0. The highest BCUT2D eigenvalue weighted by atomic mass is 16.2. The predicted molar refractivity (Wildman–Crippen MR) is 62.7 cm³/mol. The Morgan fingerprint density at radius 1 is 1.33 bits per heavy atom. The summed E-state index contributed by atoms with van der Waals surface area (Å²) in [5.74, 6) is 0.848. The molecule has 1 fully saturated rings. The molecule has 1 saturated carbocycles. The number of rotatable bonds is 3. The summed E-state index contributed by atoms with van der Waals surface area (Å²) < 4.78 is 0. The molecule has 0 spiro atoms. The van der Waals surface area contributed by atoms with E-state index in [1.165, 1.54) is 19.3 Å². The van der Waals surface area contributed by atoms with Gasteiger partial charge in [-0.15, -0.1) is 0 Å². The van der Waals surface area contributed by atoms with E-state index in [4.69, 9.17) is 0 Å². The van der Waals surface area contributed by atoms with Gasteiger partial charge in [-0.2, -0.15) is 0 Å². The highest BCUT2D eigenvalue weighted by Crippen LogP contribution is 2.26. The van der Waals surface area contributed by atoms with E-state index >= 15 is 0 Å². The summed E-state index contributed by atoms with van der Waals surface area (Å²) in [6.07, 6.45) is 3.76. The van der Waals surface area contributed by atoms with E-state index in [-0.39, 0.29) is 5.91 Å². The van der Waals surface area contributed by atoms with Crippen LogP contribution in [0.3, 0.4) is 0 Å². The van der Waals surface area contributed by atoms with E-state index in [9.17, 15) is 4.79 Å². The van der Waals surface area contributed by atoms with Crippen molar-refractivity contribution in [1.82, 2.24) is 10.2 Å². The molecule has 0 aromatic heterocycles. The van der Waals surface area contributed by atoms with Gasteiger partial charge in [0.05, 0.1) is 5.54 Å². The molecule has 1 aliphatic rings. The van der Waals surface area contributed by atoms with Gasteiger partial charge in [0.25, 0.3) is 0 Å². The lowest BCUT2D eigenvalue weighted by atomic mass is 9.98. The second-order valence-corrected chi connectivity index (χ2v) is 5.48. The second-order valence-electron chi connectivity index (χ2n) is 5.48. The molecule has 0 aromatic rings. The molecule has 15 heavy (non-hydrogen) atoms. The summed E-state index contributed by atoms with van der Waals surface area (Å²) in [6, 6.07) is 0.504. The fourth-order valence-electron chi connectivity index (χ4n) is 2.44. The van der Waals surface area contributed by atoms with Crippen molar-refractivity contribution in [3.05, 3.63) is 0 Å². The van der Waals surface area contributed by atoms with E-state index in [2.05, 4.69) is 12.2 Å². The van der Waals surface area contributed by atoms with Gasteiger partial charge >= 0.3 is 0 Å². The van der Waals surface area contributed by atoms with Gasteiger partial charge in [-0.3, -0.25) is 4.79 Å².